The maximum absolute atomic E-state index is 13.0. The van der Waals surface area contributed by atoms with Crippen molar-refractivity contribution in [2.24, 2.45) is 0 Å². The second kappa shape index (κ2) is 6.54. The van der Waals surface area contributed by atoms with E-state index in [9.17, 15) is 9.59 Å². The van der Waals surface area contributed by atoms with Gasteiger partial charge in [0.05, 0.1) is 0 Å². The van der Waals surface area contributed by atoms with Gasteiger partial charge in [-0.1, -0.05) is 0 Å². The summed E-state index contributed by atoms with van der Waals surface area (Å²) in [6, 6.07) is 5.41. The van der Waals surface area contributed by atoms with Gasteiger partial charge in [-0.05, 0) is 32.8 Å². The van der Waals surface area contributed by atoms with Crippen molar-refractivity contribution in [2.75, 3.05) is 13.1 Å². The van der Waals surface area contributed by atoms with Gasteiger partial charge in [0, 0.05) is 60.5 Å². The standard InChI is InChI=1S/C20H21N7O2/c1-12-13(2)22-18-9-15(24-27(18)19(12)28)14-5-3-7-25(11-14)20(29)16-10-17-21-6-4-8-26(17)23-16/h4,6,8-10,14,24H,3,5,7,11H2,1-2H3/t14-/m0/s1. The van der Waals surface area contributed by atoms with Gasteiger partial charge in [-0.3, -0.25) is 14.7 Å². The van der Waals surface area contributed by atoms with E-state index in [0.29, 0.717) is 35.6 Å². The summed E-state index contributed by atoms with van der Waals surface area (Å²) in [5, 5.41) is 7.55. The number of rotatable bonds is 2. The molecular weight excluding hydrogens is 370 g/mol. The van der Waals surface area contributed by atoms with E-state index in [1.807, 2.05) is 17.9 Å². The molecule has 0 radical (unpaired) electrons. The number of piperidine rings is 1. The highest BCUT2D eigenvalue weighted by Gasteiger charge is 2.28. The molecule has 4 aromatic heterocycles. The predicted molar refractivity (Wildman–Crippen MR) is 106 cm³/mol. The number of H-pyrrole nitrogens is 1. The predicted octanol–water partition coefficient (Wildman–Crippen LogP) is 1.70. The molecule has 9 heteroatoms. The van der Waals surface area contributed by atoms with Crippen LogP contribution in [0.4, 0.5) is 0 Å². The summed E-state index contributed by atoms with van der Waals surface area (Å²) in [7, 11) is 0. The number of carbonyl (C=O) groups is 1. The lowest BCUT2D eigenvalue weighted by atomic mass is 9.94. The van der Waals surface area contributed by atoms with Gasteiger partial charge in [0.25, 0.3) is 11.5 Å². The van der Waals surface area contributed by atoms with Crippen LogP contribution in [-0.4, -0.2) is 53.1 Å². The van der Waals surface area contributed by atoms with E-state index < -0.39 is 0 Å². The summed E-state index contributed by atoms with van der Waals surface area (Å²) in [5.74, 6) is 0.0165. The number of amides is 1. The molecule has 1 amide bonds. The zero-order valence-corrected chi connectivity index (χ0v) is 16.3. The van der Waals surface area contributed by atoms with Crippen molar-refractivity contribution in [3.05, 3.63) is 63.6 Å². The Bertz CT molecular complexity index is 1270. The van der Waals surface area contributed by atoms with Gasteiger partial charge in [-0.25, -0.2) is 19.0 Å². The van der Waals surface area contributed by atoms with E-state index in [4.69, 9.17) is 0 Å². The van der Waals surface area contributed by atoms with Crippen molar-refractivity contribution in [3.8, 4) is 0 Å². The van der Waals surface area contributed by atoms with Gasteiger partial charge in [-0.2, -0.15) is 5.10 Å². The van der Waals surface area contributed by atoms with Crippen LogP contribution in [0.1, 0.15) is 46.2 Å². The van der Waals surface area contributed by atoms with E-state index in [0.717, 1.165) is 24.2 Å². The normalized spacial score (nSPS) is 17.3. The molecule has 4 aromatic rings. The molecule has 0 aromatic carbocycles. The number of aryl methyl sites for hydroxylation is 1. The van der Waals surface area contributed by atoms with E-state index in [-0.39, 0.29) is 17.4 Å². The average molecular weight is 391 g/mol. The first-order valence-corrected chi connectivity index (χ1v) is 9.70. The van der Waals surface area contributed by atoms with Crippen LogP contribution in [0.3, 0.4) is 0 Å². The molecule has 1 N–H and O–H groups in total. The molecule has 0 aliphatic carbocycles. The molecule has 5 heterocycles. The minimum atomic E-state index is -0.0988. The molecule has 9 nitrogen and oxygen atoms in total. The van der Waals surface area contributed by atoms with Gasteiger partial charge < -0.3 is 4.90 Å². The Hall–Kier alpha value is -3.49. The Labute approximate surface area is 166 Å². The van der Waals surface area contributed by atoms with Gasteiger partial charge in [0.15, 0.2) is 17.0 Å². The molecule has 0 saturated carbocycles. The smallest absolute Gasteiger partial charge is 0.275 e. The Morgan fingerprint density at radius 1 is 1.24 bits per heavy atom. The molecule has 0 bridgehead atoms. The number of hydrogen-bond acceptors (Lipinski definition) is 5. The lowest BCUT2D eigenvalue weighted by molar-refractivity contribution is 0.0699. The molecule has 5 rings (SSSR count). The molecular formula is C20H21N7O2. The largest absolute Gasteiger partial charge is 0.337 e. The first-order valence-electron chi connectivity index (χ1n) is 9.70. The third-order valence-electron chi connectivity index (χ3n) is 5.71. The van der Waals surface area contributed by atoms with Crippen molar-refractivity contribution in [3.63, 3.8) is 0 Å². The maximum atomic E-state index is 13.0. The third-order valence-corrected chi connectivity index (χ3v) is 5.71. The van der Waals surface area contributed by atoms with Gasteiger partial charge in [0.1, 0.15) is 0 Å². The zero-order valence-electron chi connectivity index (χ0n) is 16.3. The topological polar surface area (TPSA) is 101 Å². The van der Waals surface area contributed by atoms with Crippen molar-refractivity contribution in [1.82, 2.24) is 34.1 Å². The van der Waals surface area contributed by atoms with Crippen LogP contribution in [0.15, 0.2) is 35.4 Å². The second-order valence-electron chi connectivity index (χ2n) is 7.57. The van der Waals surface area contributed by atoms with Crippen LogP contribution < -0.4 is 5.56 Å². The molecule has 148 valence electrons. The SMILES string of the molecule is Cc1nc2cc([C@H]3CCCN(C(=O)c4cc5ncccn5n4)C3)[nH]n2c(=O)c1C. The summed E-state index contributed by atoms with van der Waals surface area (Å²) >= 11 is 0. The molecule has 0 unspecified atom stereocenters. The minimum absolute atomic E-state index is 0.0836. The van der Waals surface area contributed by atoms with Crippen LogP contribution in [0, 0.1) is 13.8 Å². The molecule has 0 spiro atoms. The summed E-state index contributed by atoms with van der Waals surface area (Å²) < 4.78 is 3.10. The summed E-state index contributed by atoms with van der Waals surface area (Å²) in [5.41, 5.74) is 3.87. The Kier molecular flexibility index (Phi) is 3.97. The van der Waals surface area contributed by atoms with E-state index >= 15 is 0 Å². The lowest BCUT2D eigenvalue weighted by Crippen LogP contribution is -2.39. The first kappa shape index (κ1) is 17.6. The van der Waals surface area contributed by atoms with Crippen molar-refractivity contribution < 1.29 is 4.79 Å². The molecule has 29 heavy (non-hydrogen) atoms. The van der Waals surface area contributed by atoms with Crippen LogP contribution in [0.5, 0.6) is 0 Å². The van der Waals surface area contributed by atoms with E-state index in [1.54, 1.807) is 36.0 Å². The molecule has 1 saturated heterocycles. The highest BCUT2D eigenvalue weighted by molar-refractivity contribution is 5.93. The van der Waals surface area contributed by atoms with Gasteiger partial charge in [-0.15, -0.1) is 0 Å². The Morgan fingerprint density at radius 3 is 2.93 bits per heavy atom. The van der Waals surface area contributed by atoms with Gasteiger partial charge >= 0.3 is 0 Å². The Morgan fingerprint density at radius 2 is 2.10 bits per heavy atom. The first-order chi connectivity index (χ1) is 14.0. The number of carbonyl (C=O) groups excluding carboxylic acids is 1. The number of fused-ring (bicyclic) bond motifs is 2. The number of nitrogens with zero attached hydrogens (tertiary/aromatic N) is 6. The number of likely N-dealkylation sites (tertiary alicyclic amines) is 1. The van der Waals surface area contributed by atoms with E-state index in [2.05, 4.69) is 20.2 Å². The van der Waals surface area contributed by atoms with Crippen LogP contribution >= 0.6 is 0 Å². The molecule has 1 atom stereocenters. The molecule has 1 fully saturated rings. The second-order valence-corrected chi connectivity index (χ2v) is 7.57. The monoisotopic (exact) mass is 391 g/mol. The third kappa shape index (κ3) is 2.89. The summed E-state index contributed by atoms with van der Waals surface area (Å²) in [6.07, 6.45) is 5.28. The minimum Gasteiger partial charge on any atom is -0.337 e. The van der Waals surface area contributed by atoms with Crippen LogP contribution in [0.25, 0.3) is 11.3 Å². The fourth-order valence-electron chi connectivity index (χ4n) is 3.96. The molecule has 1 aliphatic heterocycles. The Balaban J connectivity index is 1.43. The fraction of sp³-hybridized carbons (Fsp3) is 0.350. The van der Waals surface area contributed by atoms with Crippen molar-refractivity contribution >= 4 is 17.2 Å². The van der Waals surface area contributed by atoms with Gasteiger partial charge in [0.2, 0.25) is 0 Å². The quantitative estimate of drug-likeness (QED) is 0.561. The zero-order chi connectivity index (χ0) is 20.1. The lowest BCUT2D eigenvalue weighted by Gasteiger charge is -2.31. The fourth-order valence-corrected chi connectivity index (χ4v) is 3.96. The number of hydrogen-bond donors (Lipinski definition) is 1. The summed E-state index contributed by atoms with van der Waals surface area (Å²) in [4.78, 5) is 36.1. The van der Waals surface area contributed by atoms with Crippen molar-refractivity contribution in [1.29, 1.82) is 0 Å². The average Bonchev–Trinajstić information content (AvgIpc) is 3.36. The van der Waals surface area contributed by atoms with E-state index in [1.165, 1.54) is 4.52 Å². The van der Waals surface area contributed by atoms with Crippen LogP contribution in [0.2, 0.25) is 0 Å². The summed E-state index contributed by atoms with van der Waals surface area (Å²) in [6.45, 7) is 4.88. The molecule has 1 aliphatic rings. The highest BCUT2D eigenvalue weighted by Crippen LogP contribution is 2.27. The van der Waals surface area contributed by atoms with Crippen LogP contribution in [-0.2, 0) is 0 Å². The number of aromatic nitrogens is 6. The number of nitrogens with one attached hydrogen (secondary N) is 1. The highest BCUT2D eigenvalue weighted by atomic mass is 16.2. The maximum Gasteiger partial charge on any atom is 0.275 e. The number of aromatic amines is 1. The van der Waals surface area contributed by atoms with Crippen molar-refractivity contribution in [2.45, 2.75) is 32.6 Å².